The summed E-state index contributed by atoms with van der Waals surface area (Å²) in [5.41, 5.74) is 6.38. The maximum absolute atomic E-state index is 12.0. The van der Waals surface area contributed by atoms with Gasteiger partial charge in [0.1, 0.15) is 16.6 Å². The zero-order valence-corrected chi connectivity index (χ0v) is 13.7. The maximum atomic E-state index is 12.0. The van der Waals surface area contributed by atoms with Crippen LogP contribution in [0.3, 0.4) is 0 Å². The fourth-order valence-electron chi connectivity index (χ4n) is 1.53. The molecule has 0 fully saturated rings. The van der Waals surface area contributed by atoms with Crippen molar-refractivity contribution in [2.24, 2.45) is 0 Å². The number of nitrogens with one attached hydrogen (secondary N) is 2. The molecule has 2 N–H and O–H groups in total. The van der Waals surface area contributed by atoms with E-state index >= 15 is 0 Å². The zero-order valence-electron chi connectivity index (χ0n) is 11.4. The van der Waals surface area contributed by atoms with Crippen LogP contribution >= 0.6 is 34.5 Å². The summed E-state index contributed by atoms with van der Waals surface area (Å²) in [5, 5.41) is 12.2. The van der Waals surface area contributed by atoms with Gasteiger partial charge < -0.3 is 5.43 Å². The van der Waals surface area contributed by atoms with E-state index in [-0.39, 0.29) is 10.6 Å². The molecule has 1 aromatic heterocycles. The Labute approximate surface area is 141 Å². The smallest absolute Gasteiger partial charge is 0.271 e. The number of amides is 1. The van der Waals surface area contributed by atoms with Crippen molar-refractivity contribution in [2.75, 3.05) is 0 Å². The molecule has 1 aromatic carbocycles. The van der Waals surface area contributed by atoms with Crippen LogP contribution in [0.5, 0.6) is 0 Å². The Morgan fingerprint density at radius 2 is 2.23 bits per heavy atom. The van der Waals surface area contributed by atoms with Crippen LogP contribution in [0.25, 0.3) is 5.57 Å². The van der Waals surface area contributed by atoms with Crippen molar-refractivity contribution in [2.45, 2.75) is 6.92 Å². The summed E-state index contributed by atoms with van der Waals surface area (Å²) in [4.78, 5) is 16.2. The Kier molecular flexibility index (Phi) is 5.39. The number of benzene rings is 1. The molecule has 5 nitrogen and oxygen atoms in total. The normalized spacial score (nSPS) is 10.9. The first-order valence-corrected chi connectivity index (χ1v) is 7.68. The van der Waals surface area contributed by atoms with Crippen LogP contribution in [-0.2, 0) is 0 Å². The quantitative estimate of drug-likeness (QED) is 0.651. The van der Waals surface area contributed by atoms with Gasteiger partial charge in [0.05, 0.1) is 10.6 Å². The first kappa shape index (κ1) is 16.3. The number of nitrogens with zero attached hydrogens (tertiary/aromatic N) is 2. The van der Waals surface area contributed by atoms with Gasteiger partial charge >= 0.3 is 0 Å². The van der Waals surface area contributed by atoms with Crippen molar-refractivity contribution in [1.29, 1.82) is 5.26 Å². The number of thiazole rings is 1. The molecule has 2 rings (SSSR count). The molecule has 22 heavy (non-hydrogen) atoms. The van der Waals surface area contributed by atoms with Gasteiger partial charge in [0.2, 0.25) is 0 Å². The molecule has 0 aliphatic carbocycles. The highest BCUT2D eigenvalue weighted by Crippen LogP contribution is 2.20. The first-order chi connectivity index (χ1) is 10.5. The average Bonchev–Trinajstić information content (AvgIpc) is 2.92. The van der Waals surface area contributed by atoms with Crippen molar-refractivity contribution in [3.8, 4) is 6.07 Å². The number of hydrogen-bond donors (Lipinski definition) is 2. The zero-order chi connectivity index (χ0) is 16.1. The molecule has 0 aliphatic rings. The topological polar surface area (TPSA) is 77.8 Å². The molecule has 0 aliphatic heterocycles. The molecule has 2 aromatic rings. The van der Waals surface area contributed by atoms with E-state index in [0.717, 1.165) is 5.69 Å². The average molecular weight is 353 g/mol. The van der Waals surface area contributed by atoms with Crippen LogP contribution < -0.4 is 10.9 Å². The molecule has 0 saturated carbocycles. The van der Waals surface area contributed by atoms with Gasteiger partial charge in [-0.15, -0.1) is 11.3 Å². The van der Waals surface area contributed by atoms with E-state index in [1.54, 1.807) is 6.07 Å². The lowest BCUT2D eigenvalue weighted by molar-refractivity contribution is 0.0941. The number of carbonyl (C=O) groups is 1. The summed E-state index contributed by atoms with van der Waals surface area (Å²) in [6.45, 7) is 1.84. The van der Waals surface area contributed by atoms with Crippen LogP contribution in [0.1, 0.15) is 21.1 Å². The number of hydrogen-bond acceptors (Lipinski definition) is 5. The number of nitriles is 1. The van der Waals surface area contributed by atoms with Gasteiger partial charge in [0.25, 0.3) is 5.91 Å². The molecule has 8 heteroatoms. The Morgan fingerprint density at radius 3 is 2.86 bits per heavy atom. The minimum absolute atomic E-state index is 0.235. The van der Waals surface area contributed by atoms with Crippen molar-refractivity contribution in [1.82, 2.24) is 15.8 Å². The van der Waals surface area contributed by atoms with E-state index in [1.165, 1.54) is 29.7 Å². The van der Waals surface area contributed by atoms with Gasteiger partial charge in [-0.1, -0.05) is 23.2 Å². The van der Waals surface area contributed by atoms with E-state index in [4.69, 9.17) is 28.5 Å². The second-order valence-corrected chi connectivity index (χ2v) is 5.89. The number of allylic oxidation sites excluding steroid dienone is 1. The lowest BCUT2D eigenvalue weighted by atomic mass is 10.2. The number of halogens is 2. The van der Waals surface area contributed by atoms with Crippen LogP contribution in [-0.4, -0.2) is 10.9 Å². The second-order valence-electron chi connectivity index (χ2n) is 4.19. The van der Waals surface area contributed by atoms with Gasteiger partial charge in [-0.05, 0) is 25.1 Å². The summed E-state index contributed by atoms with van der Waals surface area (Å²) in [6, 6.07) is 6.60. The molecule has 0 bridgehead atoms. The van der Waals surface area contributed by atoms with Gasteiger partial charge in [-0.25, -0.2) is 4.98 Å². The van der Waals surface area contributed by atoms with Gasteiger partial charge in [0, 0.05) is 22.3 Å². The summed E-state index contributed by atoms with van der Waals surface area (Å²) in [7, 11) is 0. The van der Waals surface area contributed by atoms with E-state index in [0.29, 0.717) is 15.6 Å². The number of carbonyl (C=O) groups excluding carboxylic acids is 1. The SMILES string of the molecule is Cc1csc(/C(C#N)=C/NNC(=O)c2cc(Cl)ccc2Cl)n1. The van der Waals surface area contributed by atoms with Crippen LogP contribution in [0.15, 0.2) is 29.8 Å². The van der Waals surface area contributed by atoms with Crippen molar-refractivity contribution < 1.29 is 4.79 Å². The predicted octanol–water partition coefficient (Wildman–Crippen LogP) is 3.56. The fourth-order valence-corrected chi connectivity index (χ4v) is 2.67. The third-order valence-corrected chi connectivity index (χ3v) is 4.10. The molecule has 1 amide bonds. The Bertz CT molecular complexity index is 779. The fraction of sp³-hybridized carbons (Fsp3) is 0.0714. The molecule has 0 unspecified atom stereocenters. The number of hydrazine groups is 1. The van der Waals surface area contributed by atoms with Gasteiger partial charge in [-0.3, -0.25) is 10.2 Å². The Morgan fingerprint density at radius 1 is 1.45 bits per heavy atom. The van der Waals surface area contributed by atoms with Gasteiger partial charge in [0.15, 0.2) is 0 Å². The highest BCUT2D eigenvalue weighted by molar-refractivity contribution is 7.10. The molecule has 1 heterocycles. The summed E-state index contributed by atoms with van der Waals surface area (Å²) in [6.07, 6.45) is 1.37. The highest BCUT2D eigenvalue weighted by atomic mass is 35.5. The van der Waals surface area contributed by atoms with Crippen molar-refractivity contribution in [3.63, 3.8) is 0 Å². The molecule has 0 radical (unpaired) electrons. The largest absolute Gasteiger partial charge is 0.304 e. The maximum Gasteiger partial charge on any atom is 0.271 e. The third kappa shape index (κ3) is 3.98. The first-order valence-electron chi connectivity index (χ1n) is 6.05. The van der Waals surface area contributed by atoms with Crippen molar-refractivity contribution in [3.05, 3.63) is 56.1 Å². The molecular weight excluding hydrogens is 343 g/mol. The molecule has 0 spiro atoms. The lowest BCUT2D eigenvalue weighted by Crippen LogP contribution is -2.33. The van der Waals surface area contributed by atoms with E-state index < -0.39 is 5.91 Å². The highest BCUT2D eigenvalue weighted by Gasteiger charge is 2.10. The Hall–Kier alpha value is -2.07. The standard InChI is InChI=1S/C14H10Cl2N4OS/c1-8-7-22-14(19-8)9(5-17)6-18-20-13(21)11-4-10(15)2-3-12(11)16/h2-4,6-7,18H,1H3,(H,20,21)/b9-6+. The number of aromatic nitrogens is 1. The second kappa shape index (κ2) is 7.27. The number of aryl methyl sites for hydroxylation is 1. The molecule has 112 valence electrons. The molecule has 0 saturated heterocycles. The van der Waals surface area contributed by atoms with Gasteiger partial charge in [-0.2, -0.15) is 5.26 Å². The minimum atomic E-state index is -0.462. The van der Waals surface area contributed by atoms with Crippen LogP contribution in [0, 0.1) is 18.3 Å². The van der Waals surface area contributed by atoms with E-state index in [2.05, 4.69) is 15.8 Å². The summed E-state index contributed by atoms with van der Waals surface area (Å²) < 4.78 is 0. The summed E-state index contributed by atoms with van der Waals surface area (Å²) >= 11 is 13.1. The minimum Gasteiger partial charge on any atom is -0.304 e. The van der Waals surface area contributed by atoms with E-state index in [1.807, 2.05) is 18.4 Å². The van der Waals surface area contributed by atoms with Crippen molar-refractivity contribution >= 4 is 46.0 Å². The number of rotatable bonds is 4. The lowest BCUT2D eigenvalue weighted by Gasteiger charge is -2.07. The predicted molar refractivity (Wildman–Crippen MR) is 87.5 cm³/mol. The molecule has 0 atom stereocenters. The summed E-state index contributed by atoms with van der Waals surface area (Å²) in [5.74, 6) is -0.462. The monoisotopic (exact) mass is 352 g/mol. The van der Waals surface area contributed by atoms with E-state index in [9.17, 15) is 4.79 Å². The van der Waals surface area contributed by atoms with Crippen LogP contribution in [0.2, 0.25) is 10.0 Å². The molecular formula is C14H10Cl2N4OS. The third-order valence-electron chi connectivity index (χ3n) is 2.55. The Balaban J connectivity index is 2.06. The van der Waals surface area contributed by atoms with Crippen LogP contribution in [0.4, 0.5) is 0 Å².